The van der Waals surface area contributed by atoms with Crippen molar-refractivity contribution in [2.24, 2.45) is 0 Å². The van der Waals surface area contributed by atoms with E-state index in [9.17, 15) is 10.1 Å². The molecule has 5 nitrogen and oxygen atoms in total. The summed E-state index contributed by atoms with van der Waals surface area (Å²) in [5.41, 5.74) is 6.98. The third-order valence-electron chi connectivity index (χ3n) is 3.68. The second-order valence-electron chi connectivity index (χ2n) is 5.31. The fraction of sp³-hybridized carbons (Fsp3) is 0.375. The topological polar surface area (TPSA) is 82.2 Å². The minimum atomic E-state index is -0.389. The molecule has 0 aromatic heterocycles. The molecule has 1 aromatic carbocycles. The summed E-state index contributed by atoms with van der Waals surface area (Å²) < 4.78 is 0. The third-order valence-corrected chi connectivity index (χ3v) is 3.68. The van der Waals surface area contributed by atoms with Gasteiger partial charge in [-0.1, -0.05) is 0 Å². The summed E-state index contributed by atoms with van der Waals surface area (Å²) in [6, 6.07) is 9.19. The molecule has 21 heavy (non-hydrogen) atoms. The van der Waals surface area contributed by atoms with E-state index in [4.69, 9.17) is 5.73 Å². The van der Waals surface area contributed by atoms with Gasteiger partial charge in [-0.15, -0.1) is 0 Å². The summed E-state index contributed by atoms with van der Waals surface area (Å²) in [4.78, 5) is 14.2. The largest absolute Gasteiger partial charge is 0.399 e. The van der Waals surface area contributed by atoms with Crippen molar-refractivity contribution >= 4 is 17.3 Å². The first-order valence-electron chi connectivity index (χ1n) is 7.14. The second kappa shape index (κ2) is 6.80. The van der Waals surface area contributed by atoms with Crippen LogP contribution in [0, 0.1) is 11.3 Å². The van der Waals surface area contributed by atoms with Crippen molar-refractivity contribution in [3.63, 3.8) is 0 Å². The Morgan fingerprint density at radius 1 is 1.43 bits per heavy atom. The maximum Gasteiger partial charge on any atom is 0.267 e. The van der Waals surface area contributed by atoms with Gasteiger partial charge in [-0.3, -0.25) is 4.79 Å². The van der Waals surface area contributed by atoms with E-state index in [1.54, 1.807) is 30.5 Å². The zero-order chi connectivity index (χ0) is 15.2. The minimum absolute atomic E-state index is 0.126. The van der Waals surface area contributed by atoms with Gasteiger partial charge >= 0.3 is 0 Å². The van der Waals surface area contributed by atoms with E-state index >= 15 is 0 Å². The molecular formula is C16H20N4O. The Hall–Kier alpha value is -2.48. The molecule has 1 aliphatic rings. The van der Waals surface area contributed by atoms with E-state index in [0.717, 1.165) is 19.4 Å². The summed E-state index contributed by atoms with van der Waals surface area (Å²) in [6.07, 6.45) is 5.06. The first-order valence-corrected chi connectivity index (χ1v) is 7.14. The molecule has 1 fully saturated rings. The summed E-state index contributed by atoms with van der Waals surface area (Å²) in [5.74, 6) is -0.389. The van der Waals surface area contributed by atoms with Crippen molar-refractivity contribution in [1.29, 1.82) is 5.26 Å². The van der Waals surface area contributed by atoms with Crippen LogP contribution in [0.4, 0.5) is 11.4 Å². The fourth-order valence-corrected chi connectivity index (χ4v) is 2.38. The molecule has 5 heteroatoms. The molecule has 1 amide bonds. The highest BCUT2D eigenvalue weighted by Gasteiger charge is 2.18. The Morgan fingerprint density at radius 2 is 2.14 bits per heavy atom. The first kappa shape index (κ1) is 14.9. The summed E-state index contributed by atoms with van der Waals surface area (Å²) >= 11 is 0. The van der Waals surface area contributed by atoms with Crippen molar-refractivity contribution in [2.45, 2.75) is 32.2 Å². The van der Waals surface area contributed by atoms with Crippen LogP contribution in [0.15, 0.2) is 36.0 Å². The lowest BCUT2D eigenvalue weighted by Crippen LogP contribution is -2.34. The number of nitrogens with one attached hydrogen (secondary N) is 1. The number of amides is 1. The molecule has 2 rings (SSSR count). The number of likely N-dealkylation sites (tertiary alicyclic amines) is 1. The van der Waals surface area contributed by atoms with Crippen LogP contribution in [0.3, 0.4) is 0 Å². The number of carbonyl (C=O) groups excluding carboxylic acids is 1. The number of nitrogen functional groups attached to an aromatic ring is 1. The number of hydrogen-bond donors (Lipinski definition) is 2. The number of carbonyl (C=O) groups is 1. The highest BCUT2D eigenvalue weighted by atomic mass is 16.1. The summed E-state index contributed by atoms with van der Waals surface area (Å²) in [5, 5.41) is 11.9. The highest BCUT2D eigenvalue weighted by molar-refractivity contribution is 6.06. The molecule has 0 bridgehead atoms. The van der Waals surface area contributed by atoms with E-state index in [1.807, 2.05) is 6.07 Å². The van der Waals surface area contributed by atoms with Gasteiger partial charge in [0.1, 0.15) is 11.6 Å². The predicted octanol–water partition coefficient (Wildman–Crippen LogP) is 2.49. The van der Waals surface area contributed by atoms with Gasteiger partial charge in [0.25, 0.3) is 5.91 Å². The number of anilines is 2. The van der Waals surface area contributed by atoms with E-state index in [2.05, 4.69) is 17.1 Å². The van der Waals surface area contributed by atoms with E-state index < -0.39 is 0 Å². The SMILES string of the molecule is CC1CCCCN1/C=C(/C#N)C(=O)Nc1ccc(N)cc1. The molecule has 1 aliphatic heterocycles. The molecular weight excluding hydrogens is 264 g/mol. The monoisotopic (exact) mass is 284 g/mol. The maximum atomic E-state index is 12.1. The number of nitrogens with zero attached hydrogens (tertiary/aromatic N) is 2. The van der Waals surface area contributed by atoms with Crippen LogP contribution >= 0.6 is 0 Å². The second-order valence-corrected chi connectivity index (χ2v) is 5.31. The van der Waals surface area contributed by atoms with Crippen LogP contribution < -0.4 is 11.1 Å². The van der Waals surface area contributed by atoms with Crippen LogP contribution in [0.1, 0.15) is 26.2 Å². The zero-order valence-corrected chi connectivity index (χ0v) is 12.2. The van der Waals surface area contributed by atoms with Crippen molar-refractivity contribution < 1.29 is 4.79 Å². The Bertz CT molecular complexity index is 571. The van der Waals surface area contributed by atoms with Gasteiger partial charge in [-0.25, -0.2) is 0 Å². The Labute approximate surface area is 125 Å². The molecule has 1 unspecified atom stereocenters. The quantitative estimate of drug-likeness (QED) is 0.507. The molecule has 110 valence electrons. The van der Waals surface area contributed by atoms with Crippen molar-refractivity contribution in [1.82, 2.24) is 4.90 Å². The predicted molar refractivity (Wildman–Crippen MR) is 83.2 cm³/mol. The number of hydrogen-bond acceptors (Lipinski definition) is 4. The first-order chi connectivity index (χ1) is 10.1. The van der Waals surface area contributed by atoms with Crippen molar-refractivity contribution in [3.05, 3.63) is 36.0 Å². The van der Waals surface area contributed by atoms with Gasteiger partial charge in [0.15, 0.2) is 0 Å². The molecule has 1 saturated heterocycles. The molecule has 1 atom stereocenters. The summed E-state index contributed by atoms with van der Waals surface area (Å²) in [6.45, 7) is 3.00. The normalized spacial score (nSPS) is 19.0. The van der Waals surface area contributed by atoms with Crippen molar-refractivity contribution in [3.8, 4) is 6.07 Å². The zero-order valence-electron chi connectivity index (χ0n) is 12.2. The maximum absolute atomic E-state index is 12.1. The number of piperidine rings is 1. The molecule has 3 N–H and O–H groups in total. The van der Waals surface area contributed by atoms with Crippen LogP contribution in [0.5, 0.6) is 0 Å². The van der Waals surface area contributed by atoms with Crippen LogP contribution in [-0.2, 0) is 4.79 Å². The van der Waals surface area contributed by atoms with Gasteiger partial charge in [0.2, 0.25) is 0 Å². The smallest absolute Gasteiger partial charge is 0.267 e. The lowest BCUT2D eigenvalue weighted by molar-refractivity contribution is -0.112. The summed E-state index contributed by atoms with van der Waals surface area (Å²) in [7, 11) is 0. The molecule has 0 saturated carbocycles. The number of nitrogens with two attached hydrogens (primary N) is 1. The van der Waals surface area contributed by atoms with Gasteiger partial charge in [-0.2, -0.15) is 5.26 Å². The van der Waals surface area contributed by atoms with Gasteiger partial charge < -0.3 is 16.0 Å². The van der Waals surface area contributed by atoms with Gasteiger partial charge in [0, 0.05) is 30.2 Å². The number of nitriles is 1. The lowest BCUT2D eigenvalue weighted by Gasteiger charge is -2.32. The van der Waals surface area contributed by atoms with Crippen molar-refractivity contribution in [2.75, 3.05) is 17.6 Å². The minimum Gasteiger partial charge on any atom is -0.399 e. The van der Waals surface area contributed by atoms with E-state index in [-0.39, 0.29) is 11.5 Å². The van der Waals surface area contributed by atoms with E-state index in [1.165, 1.54) is 6.42 Å². The molecule has 1 heterocycles. The number of rotatable bonds is 3. The lowest BCUT2D eigenvalue weighted by atomic mass is 10.0. The Kier molecular flexibility index (Phi) is 4.83. The molecule has 1 aromatic rings. The average Bonchev–Trinajstić information content (AvgIpc) is 2.48. The Morgan fingerprint density at radius 3 is 2.76 bits per heavy atom. The molecule has 0 aliphatic carbocycles. The molecule has 0 radical (unpaired) electrons. The Balaban J connectivity index is 2.07. The average molecular weight is 284 g/mol. The van der Waals surface area contributed by atoms with Crippen LogP contribution in [-0.4, -0.2) is 23.4 Å². The van der Waals surface area contributed by atoms with E-state index in [0.29, 0.717) is 17.4 Å². The third kappa shape index (κ3) is 3.99. The van der Waals surface area contributed by atoms with Gasteiger partial charge in [0.05, 0.1) is 0 Å². The highest BCUT2D eigenvalue weighted by Crippen LogP contribution is 2.18. The molecule has 0 spiro atoms. The standard InChI is InChI=1S/C16H20N4O/c1-12-4-2-3-9-20(12)11-13(10-17)16(21)19-15-7-5-14(18)6-8-15/h5-8,11-12H,2-4,9,18H2,1H3,(H,19,21)/b13-11-. The number of benzene rings is 1. The van der Waals surface area contributed by atoms with Crippen LogP contribution in [0.2, 0.25) is 0 Å². The van der Waals surface area contributed by atoms with Gasteiger partial charge in [-0.05, 0) is 50.5 Å². The van der Waals surface area contributed by atoms with Crippen LogP contribution in [0.25, 0.3) is 0 Å². The fourth-order valence-electron chi connectivity index (χ4n) is 2.38.